The van der Waals surface area contributed by atoms with Crippen LogP contribution in [0.25, 0.3) is 0 Å². The van der Waals surface area contributed by atoms with E-state index < -0.39 is 0 Å². The molecular formula is C23H43N4S+. The molecule has 0 spiro atoms. The standard InChI is InChI=1S/C23H43N4S/c1-14(2)18-9-7-16(5)11-20(18)25-22-23(28-13-27(22)24)26-21-12-17(6)8-10-19(21)15(3)4/h13-21,25-26H,7-12,24H2,1-6H3/q+1. The number of hydrogen-bond donors (Lipinski definition) is 3. The number of nitrogens with two attached hydrogens (primary N) is 1. The van der Waals surface area contributed by atoms with Crippen molar-refractivity contribution in [1.82, 2.24) is 0 Å². The van der Waals surface area contributed by atoms with Crippen LogP contribution in [0.5, 0.6) is 0 Å². The van der Waals surface area contributed by atoms with Crippen molar-refractivity contribution in [2.75, 3.05) is 16.5 Å². The number of rotatable bonds is 6. The second-order valence-electron chi connectivity index (χ2n) is 10.5. The Morgan fingerprint density at radius 2 is 1.39 bits per heavy atom. The molecule has 160 valence electrons. The molecule has 2 aliphatic carbocycles. The minimum atomic E-state index is 0.514. The average Bonchev–Trinajstić information content (AvgIpc) is 2.94. The SMILES string of the molecule is CC1CCC(C(C)C)C(Nc2sc[n+](N)c2NC2CC(C)CCC2C(C)C)C1. The van der Waals surface area contributed by atoms with Crippen LogP contribution in [0.1, 0.15) is 80.1 Å². The fourth-order valence-electron chi connectivity index (χ4n) is 5.66. The van der Waals surface area contributed by atoms with E-state index in [2.05, 4.69) is 52.2 Å². The van der Waals surface area contributed by atoms with Crippen molar-refractivity contribution < 1.29 is 4.68 Å². The van der Waals surface area contributed by atoms with Gasteiger partial charge in [-0.05, 0) is 55.3 Å². The van der Waals surface area contributed by atoms with E-state index in [-0.39, 0.29) is 0 Å². The van der Waals surface area contributed by atoms with Gasteiger partial charge in [-0.25, -0.2) is 0 Å². The molecule has 0 aromatic carbocycles. The number of nitrogens with one attached hydrogen (secondary N) is 2. The lowest BCUT2D eigenvalue weighted by Gasteiger charge is -2.38. The summed E-state index contributed by atoms with van der Waals surface area (Å²) in [5.41, 5.74) is 2.04. The Hall–Kier alpha value is -0.970. The fraction of sp³-hybridized carbons (Fsp3) is 0.870. The molecule has 6 unspecified atom stereocenters. The highest BCUT2D eigenvalue weighted by Crippen LogP contribution is 2.39. The van der Waals surface area contributed by atoms with Gasteiger partial charge in [-0.2, -0.15) is 0 Å². The molecule has 6 atom stereocenters. The van der Waals surface area contributed by atoms with Gasteiger partial charge in [0.05, 0.1) is 6.04 Å². The lowest BCUT2D eigenvalue weighted by Crippen LogP contribution is -2.48. The van der Waals surface area contributed by atoms with Crippen LogP contribution in [0.2, 0.25) is 0 Å². The summed E-state index contributed by atoms with van der Waals surface area (Å²) in [5.74, 6) is 11.9. The second-order valence-corrected chi connectivity index (χ2v) is 11.3. The monoisotopic (exact) mass is 407 g/mol. The van der Waals surface area contributed by atoms with E-state index in [0.717, 1.165) is 35.4 Å². The van der Waals surface area contributed by atoms with E-state index in [9.17, 15) is 0 Å². The van der Waals surface area contributed by atoms with Crippen molar-refractivity contribution >= 4 is 22.2 Å². The summed E-state index contributed by atoms with van der Waals surface area (Å²) in [6.07, 6.45) is 7.89. The van der Waals surface area contributed by atoms with Crippen LogP contribution in [0, 0.1) is 35.5 Å². The lowest BCUT2D eigenvalue weighted by atomic mass is 9.74. The summed E-state index contributed by atoms with van der Waals surface area (Å²) in [6.45, 7) is 14.3. The van der Waals surface area contributed by atoms with Crippen LogP contribution in [-0.4, -0.2) is 12.1 Å². The fourth-order valence-corrected chi connectivity index (χ4v) is 6.48. The summed E-state index contributed by atoms with van der Waals surface area (Å²) < 4.78 is 1.81. The largest absolute Gasteiger partial charge is 0.367 e. The van der Waals surface area contributed by atoms with E-state index >= 15 is 0 Å². The summed E-state index contributed by atoms with van der Waals surface area (Å²) >= 11 is 1.75. The van der Waals surface area contributed by atoms with E-state index in [1.165, 1.54) is 43.5 Å². The van der Waals surface area contributed by atoms with Crippen molar-refractivity contribution in [2.24, 2.45) is 35.5 Å². The van der Waals surface area contributed by atoms with Gasteiger partial charge >= 0.3 is 5.82 Å². The molecule has 5 heteroatoms. The second kappa shape index (κ2) is 9.23. The first kappa shape index (κ1) is 21.7. The van der Waals surface area contributed by atoms with Gasteiger partial charge in [0.2, 0.25) is 0 Å². The number of anilines is 2. The molecular weight excluding hydrogens is 364 g/mol. The van der Waals surface area contributed by atoms with Crippen LogP contribution >= 0.6 is 11.3 Å². The van der Waals surface area contributed by atoms with Gasteiger partial charge in [-0.3, -0.25) is 11.2 Å². The zero-order chi connectivity index (χ0) is 20.4. The molecule has 0 saturated heterocycles. The molecule has 0 aliphatic heterocycles. The van der Waals surface area contributed by atoms with Crippen LogP contribution in [0.15, 0.2) is 5.51 Å². The first-order valence-electron chi connectivity index (χ1n) is 11.6. The number of nitrogens with zero attached hydrogens (tertiary/aromatic N) is 1. The molecule has 0 amide bonds. The molecule has 2 saturated carbocycles. The summed E-state index contributed by atoms with van der Waals surface area (Å²) in [6, 6.07) is 1.06. The predicted molar refractivity (Wildman–Crippen MR) is 122 cm³/mol. The third kappa shape index (κ3) is 4.95. The molecule has 3 rings (SSSR count). The Morgan fingerprint density at radius 3 is 1.89 bits per heavy atom. The Balaban J connectivity index is 1.77. The van der Waals surface area contributed by atoms with Gasteiger partial charge in [0.1, 0.15) is 0 Å². The summed E-state index contributed by atoms with van der Waals surface area (Å²) in [7, 11) is 0. The number of hydrogen-bond acceptors (Lipinski definition) is 4. The molecule has 2 fully saturated rings. The minimum absolute atomic E-state index is 0.514. The summed E-state index contributed by atoms with van der Waals surface area (Å²) in [5, 5.41) is 9.05. The maximum absolute atomic E-state index is 6.37. The smallest absolute Gasteiger partial charge is 0.333 e. The Morgan fingerprint density at radius 1 is 0.893 bits per heavy atom. The van der Waals surface area contributed by atoms with Crippen molar-refractivity contribution in [2.45, 2.75) is 92.2 Å². The number of aromatic nitrogens is 1. The van der Waals surface area contributed by atoms with Gasteiger partial charge in [0.15, 0.2) is 10.5 Å². The Labute approximate surface area is 176 Å². The highest BCUT2D eigenvalue weighted by atomic mass is 32.1. The van der Waals surface area contributed by atoms with Crippen LogP contribution in [0.4, 0.5) is 10.8 Å². The molecule has 1 aromatic rings. The summed E-state index contributed by atoms with van der Waals surface area (Å²) in [4.78, 5) is 0. The van der Waals surface area contributed by atoms with E-state index in [0.29, 0.717) is 18.0 Å². The van der Waals surface area contributed by atoms with Gasteiger partial charge in [0, 0.05) is 12.0 Å². The molecule has 0 bridgehead atoms. The highest BCUT2D eigenvalue weighted by molar-refractivity contribution is 7.14. The number of nitrogen functional groups attached to an aromatic ring is 1. The molecule has 1 heterocycles. The van der Waals surface area contributed by atoms with E-state index in [1.54, 1.807) is 16.0 Å². The molecule has 0 radical (unpaired) electrons. The molecule has 1 aromatic heterocycles. The average molecular weight is 408 g/mol. The number of thiazole rings is 1. The molecule has 4 N–H and O–H groups in total. The van der Waals surface area contributed by atoms with Gasteiger partial charge in [-0.15, -0.1) is 4.68 Å². The molecule has 2 aliphatic rings. The lowest BCUT2D eigenvalue weighted by molar-refractivity contribution is -0.618. The zero-order valence-corrected chi connectivity index (χ0v) is 19.7. The van der Waals surface area contributed by atoms with Crippen molar-refractivity contribution in [3.05, 3.63) is 5.51 Å². The highest BCUT2D eigenvalue weighted by Gasteiger charge is 2.37. The Kier molecular flexibility index (Phi) is 7.17. The van der Waals surface area contributed by atoms with Crippen LogP contribution in [0.3, 0.4) is 0 Å². The third-order valence-corrected chi connectivity index (χ3v) is 8.32. The van der Waals surface area contributed by atoms with Gasteiger partial charge in [-0.1, -0.05) is 65.7 Å². The maximum atomic E-state index is 6.37. The first-order valence-corrected chi connectivity index (χ1v) is 12.5. The first-order chi connectivity index (χ1) is 13.3. The van der Waals surface area contributed by atoms with Crippen LogP contribution < -0.4 is 21.2 Å². The minimum Gasteiger partial charge on any atom is -0.367 e. The maximum Gasteiger partial charge on any atom is 0.333 e. The zero-order valence-electron chi connectivity index (χ0n) is 18.9. The van der Waals surface area contributed by atoms with Crippen molar-refractivity contribution in [3.63, 3.8) is 0 Å². The van der Waals surface area contributed by atoms with Crippen molar-refractivity contribution in [1.29, 1.82) is 0 Å². The van der Waals surface area contributed by atoms with Crippen molar-refractivity contribution in [3.8, 4) is 0 Å². The Bertz CT molecular complexity index is 626. The van der Waals surface area contributed by atoms with E-state index in [4.69, 9.17) is 5.84 Å². The van der Waals surface area contributed by atoms with E-state index in [1.807, 2.05) is 5.51 Å². The van der Waals surface area contributed by atoms with Crippen LogP contribution in [-0.2, 0) is 0 Å². The topological polar surface area (TPSA) is 54.0 Å². The van der Waals surface area contributed by atoms with Gasteiger partial charge in [0.25, 0.3) is 0 Å². The predicted octanol–water partition coefficient (Wildman–Crippen LogP) is 5.49. The molecule has 28 heavy (non-hydrogen) atoms. The third-order valence-electron chi connectivity index (χ3n) is 7.44. The normalized spacial score (nSPS) is 34.0. The quantitative estimate of drug-likeness (QED) is 0.431. The molecule has 4 nitrogen and oxygen atoms in total. The van der Waals surface area contributed by atoms with Gasteiger partial charge < -0.3 is 5.32 Å².